The van der Waals surface area contributed by atoms with Crippen molar-refractivity contribution >= 4 is 22.1 Å². The van der Waals surface area contributed by atoms with E-state index in [2.05, 4.69) is 47.7 Å². The summed E-state index contributed by atoms with van der Waals surface area (Å²) in [6, 6.07) is 5.42. The lowest BCUT2D eigenvalue weighted by Gasteiger charge is -2.08. The molecule has 0 radical (unpaired) electrons. The van der Waals surface area contributed by atoms with E-state index in [1.54, 1.807) is 37.9 Å². The largest absolute Gasteiger partial charge is 0.493 e. The number of nitrogens with zero attached hydrogens (tertiary/aromatic N) is 3. The zero-order chi connectivity index (χ0) is 16.5. The van der Waals surface area contributed by atoms with E-state index < -0.39 is 0 Å². The normalized spacial score (nSPS) is 10.0. The van der Waals surface area contributed by atoms with Gasteiger partial charge < -0.3 is 14.3 Å². The van der Waals surface area contributed by atoms with E-state index in [-0.39, 0.29) is 6.61 Å². The zero-order valence-corrected chi connectivity index (χ0v) is 14.2. The van der Waals surface area contributed by atoms with Crippen molar-refractivity contribution in [3.63, 3.8) is 0 Å². The highest BCUT2D eigenvalue weighted by molar-refractivity contribution is 9.10. The smallest absolute Gasteiger partial charge is 0.204 e. The van der Waals surface area contributed by atoms with Crippen molar-refractivity contribution in [3.05, 3.63) is 46.5 Å². The second-order valence-electron chi connectivity index (χ2n) is 4.14. The van der Waals surface area contributed by atoms with E-state index >= 15 is 0 Å². The first kappa shape index (κ1) is 16.8. The molecule has 1 aromatic heterocycles. The maximum Gasteiger partial charge on any atom is 0.204 e. The van der Waals surface area contributed by atoms with Gasteiger partial charge >= 0.3 is 0 Å². The summed E-state index contributed by atoms with van der Waals surface area (Å²) in [4.78, 5) is 12.8. The number of ether oxygens (including phenoxy) is 2. The second-order valence-corrected chi connectivity index (χ2v) is 5.06. The summed E-state index contributed by atoms with van der Waals surface area (Å²) < 4.78 is 11.7. The molecule has 6 nitrogen and oxygen atoms in total. The van der Waals surface area contributed by atoms with Crippen LogP contribution in [-0.4, -0.2) is 37.0 Å². The van der Waals surface area contributed by atoms with Gasteiger partial charge in [0.15, 0.2) is 11.5 Å². The van der Waals surface area contributed by atoms with Crippen LogP contribution in [0.2, 0.25) is 0 Å². The maximum absolute atomic E-state index is 5.59. The molecule has 0 aliphatic rings. The first-order chi connectivity index (χ1) is 11.2. The lowest BCUT2D eigenvalue weighted by Crippen LogP contribution is -1.98. The molecule has 0 bridgehead atoms. The number of methoxy groups -OCH3 is 1. The van der Waals surface area contributed by atoms with E-state index in [0.29, 0.717) is 17.3 Å². The van der Waals surface area contributed by atoms with Gasteiger partial charge in [-0.2, -0.15) is 0 Å². The molecule has 7 heteroatoms. The minimum Gasteiger partial charge on any atom is -0.493 e. The second kappa shape index (κ2) is 8.76. The van der Waals surface area contributed by atoms with Gasteiger partial charge in [0.2, 0.25) is 5.82 Å². The van der Waals surface area contributed by atoms with Gasteiger partial charge in [-0.15, -0.1) is 0 Å². The third-order valence-electron chi connectivity index (χ3n) is 2.62. The fraction of sp³-hybridized carbons (Fsp3) is 0.188. The Hall–Kier alpha value is -2.59. The topological polar surface area (TPSA) is 65.8 Å². The van der Waals surface area contributed by atoms with Gasteiger partial charge in [-0.05, 0) is 40.0 Å². The van der Waals surface area contributed by atoms with Crippen LogP contribution in [-0.2, 0) is 4.84 Å². The van der Waals surface area contributed by atoms with Crippen LogP contribution in [0.1, 0.15) is 11.4 Å². The van der Waals surface area contributed by atoms with Crippen molar-refractivity contribution in [1.82, 2.24) is 9.97 Å². The summed E-state index contributed by atoms with van der Waals surface area (Å²) in [5.74, 6) is 7.30. The third kappa shape index (κ3) is 5.27. The fourth-order valence-electron chi connectivity index (χ4n) is 1.60. The Morgan fingerprint density at radius 2 is 2.00 bits per heavy atom. The van der Waals surface area contributed by atoms with Gasteiger partial charge in [0.1, 0.15) is 13.7 Å². The molecule has 118 valence electrons. The SMILES string of the molecule is CO/N=C/c1ccc(OCC#Cc2ncc(Br)cn2)c(OC)c1. The van der Waals surface area contributed by atoms with E-state index in [9.17, 15) is 0 Å². The molecule has 0 saturated carbocycles. The standard InChI is InChI=1S/C16H14BrN3O3/c1-21-15-8-12(9-20-22-2)5-6-14(15)23-7-3-4-16-18-10-13(17)11-19-16/h5-6,8-11H,7H2,1-2H3/b20-9+. The molecule has 0 N–H and O–H groups in total. The van der Waals surface area contributed by atoms with Gasteiger partial charge in [-0.25, -0.2) is 9.97 Å². The molecule has 1 heterocycles. The number of hydrogen-bond donors (Lipinski definition) is 0. The number of halogens is 1. The summed E-state index contributed by atoms with van der Waals surface area (Å²) in [6.07, 6.45) is 4.86. The lowest BCUT2D eigenvalue weighted by molar-refractivity contribution is 0.215. The molecule has 23 heavy (non-hydrogen) atoms. The summed E-state index contributed by atoms with van der Waals surface area (Å²) in [5.41, 5.74) is 0.838. The van der Waals surface area contributed by atoms with Crippen LogP contribution in [0.5, 0.6) is 11.5 Å². The maximum atomic E-state index is 5.59. The van der Waals surface area contributed by atoms with E-state index in [1.807, 2.05) is 6.07 Å². The van der Waals surface area contributed by atoms with E-state index in [4.69, 9.17) is 9.47 Å². The van der Waals surface area contributed by atoms with Crippen LogP contribution in [0, 0.1) is 11.8 Å². The Kier molecular flexibility index (Phi) is 6.39. The van der Waals surface area contributed by atoms with Gasteiger partial charge in [0.25, 0.3) is 0 Å². The summed E-state index contributed by atoms with van der Waals surface area (Å²) in [5, 5.41) is 3.70. The van der Waals surface area contributed by atoms with Crippen LogP contribution < -0.4 is 9.47 Å². The molecule has 0 atom stereocenters. The van der Waals surface area contributed by atoms with E-state index in [1.165, 1.54) is 7.11 Å². The highest BCUT2D eigenvalue weighted by Crippen LogP contribution is 2.27. The number of benzene rings is 1. The van der Waals surface area contributed by atoms with Gasteiger partial charge in [0.05, 0.1) is 17.8 Å². The molecule has 2 rings (SSSR count). The molecule has 2 aromatic rings. The first-order valence-corrected chi connectivity index (χ1v) is 7.36. The van der Waals surface area contributed by atoms with Gasteiger partial charge in [-0.1, -0.05) is 11.1 Å². The molecule has 0 spiro atoms. The zero-order valence-electron chi connectivity index (χ0n) is 12.6. The van der Waals surface area contributed by atoms with Crippen molar-refractivity contribution in [3.8, 4) is 23.3 Å². The third-order valence-corrected chi connectivity index (χ3v) is 3.02. The Labute approximate surface area is 142 Å². The Balaban J connectivity index is 2.00. The number of oxime groups is 1. The lowest BCUT2D eigenvalue weighted by atomic mass is 10.2. The van der Waals surface area contributed by atoms with Crippen molar-refractivity contribution < 1.29 is 14.3 Å². The monoisotopic (exact) mass is 375 g/mol. The van der Waals surface area contributed by atoms with E-state index in [0.717, 1.165) is 10.0 Å². The van der Waals surface area contributed by atoms with Crippen molar-refractivity contribution in [2.45, 2.75) is 0 Å². The summed E-state index contributed by atoms with van der Waals surface area (Å²) in [7, 11) is 3.06. The predicted molar refractivity (Wildman–Crippen MR) is 89.7 cm³/mol. The molecule has 0 fully saturated rings. The first-order valence-electron chi connectivity index (χ1n) is 6.56. The predicted octanol–water partition coefficient (Wildman–Crippen LogP) is 2.66. The van der Waals surface area contributed by atoms with Crippen molar-refractivity contribution in [2.24, 2.45) is 5.16 Å². The molecular formula is C16H14BrN3O3. The van der Waals surface area contributed by atoms with Crippen molar-refractivity contribution in [2.75, 3.05) is 20.8 Å². The molecule has 0 saturated heterocycles. The van der Waals surface area contributed by atoms with Crippen LogP contribution in [0.3, 0.4) is 0 Å². The molecular weight excluding hydrogens is 362 g/mol. The number of rotatable bonds is 5. The van der Waals surface area contributed by atoms with Crippen LogP contribution >= 0.6 is 15.9 Å². The van der Waals surface area contributed by atoms with Gasteiger partial charge in [-0.3, -0.25) is 0 Å². The summed E-state index contributed by atoms with van der Waals surface area (Å²) in [6.45, 7) is 0.196. The average Bonchev–Trinajstić information content (AvgIpc) is 2.59. The quantitative estimate of drug-likeness (QED) is 0.456. The highest BCUT2D eigenvalue weighted by atomic mass is 79.9. The molecule has 0 aliphatic heterocycles. The van der Waals surface area contributed by atoms with Crippen LogP contribution in [0.25, 0.3) is 0 Å². The summed E-state index contributed by atoms with van der Waals surface area (Å²) >= 11 is 3.27. The number of hydrogen-bond acceptors (Lipinski definition) is 6. The Morgan fingerprint density at radius 3 is 2.70 bits per heavy atom. The number of aromatic nitrogens is 2. The van der Waals surface area contributed by atoms with Gasteiger partial charge in [0, 0.05) is 18.0 Å². The Morgan fingerprint density at radius 1 is 1.22 bits per heavy atom. The minimum atomic E-state index is 0.196. The highest BCUT2D eigenvalue weighted by Gasteiger charge is 2.04. The van der Waals surface area contributed by atoms with Crippen LogP contribution in [0.4, 0.5) is 0 Å². The van der Waals surface area contributed by atoms with Crippen LogP contribution in [0.15, 0.2) is 40.2 Å². The molecule has 0 amide bonds. The minimum absolute atomic E-state index is 0.196. The Bertz CT molecular complexity index is 736. The molecule has 1 aromatic carbocycles. The average molecular weight is 376 g/mol. The fourth-order valence-corrected chi connectivity index (χ4v) is 1.81. The van der Waals surface area contributed by atoms with Crippen molar-refractivity contribution in [1.29, 1.82) is 0 Å². The molecule has 0 aliphatic carbocycles. The molecule has 0 unspecified atom stereocenters.